The molecule has 324 valence electrons. The molecule has 2 aliphatic heterocycles. The number of fused-ring (bicyclic) bond motifs is 2. The van der Waals surface area contributed by atoms with E-state index in [4.69, 9.17) is 0 Å². The molecule has 2 N–H and O–H groups in total. The topological polar surface area (TPSA) is 94.9 Å². The van der Waals surface area contributed by atoms with E-state index in [-0.39, 0.29) is 67.3 Å². The summed E-state index contributed by atoms with van der Waals surface area (Å²) in [5.74, 6) is -6.10. The van der Waals surface area contributed by atoms with E-state index in [9.17, 15) is 59.0 Å². The molecule has 1 amide bonds. The van der Waals surface area contributed by atoms with Crippen LogP contribution in [0, 0.1) is 11.3 Å². The van der Waals surface area contributed by atoms with Crippen molar-refractivity contribution in [3.8, 4) is 0 Å². The Morgan fingerprint density at radius 1 is 0.881 bits per heavy atom. The molecule has 2 fully saturated rings. The Morgan fingerprint density at radius 3 is 2.08 bits per heavy atom. The Morgan fingerprint density at radius 2 is 1.53 bits per heavy atom. The number of rotatable bonds is 9. The molecular weight excluding hydrogens is 816 g/mol. The molecule has 0 bridgehead atoms. The maximum atomic E-state index is 15.2. The van der Waals surface area contributed by atoms with Crippen LogP contribution in [0.3, 0.4) is 0 Å². The molecule has 20 heteroatoms. The van der Waals surface area contributed by atoms with Gasteiger partial charge in [0.25, 0.3) is 5.56 Å². The van der Waals surface area contributed by atoms with Gasteiger partial charge >= 0.3 is 30.7 Å². The maximum Gasteiger partial charge on any atom is 0.417 e. The van der Waals surface area contributed by atoms with Gasteiger partial charge in [0, 0.05) is 36.9 Å². The number of piperidine rings is 2. The van der Waals surface area contributed by atoms with Crippen LogP contribution < -0.4 is 10.9 Å². The zero-order valence-corrected chi connectivity index (χ0v) is 31.4. The van der Waals surface area contributed by atoms with E-state index in [0.717, 1.165) is 9.47 Å². The van der Waals surface area contributed by atoms with E-state index in [1.807, 2.05) is 5.32 Å². The number of aromatic nitrogens is 1. The highest BCUT2D eigenvalue weighted by Gasteiger charge is 2.61. The number of likely N-dealkylation sites (tertiary alicyclic amines) is 2. The smallest absolute Gasteiger partial charge is 0.417 e. The van der Waals surface area contributed by atoms with Gasteiger partial charge in [-0.15, -0.1) is 0 Å². The maximum absolute atomic E-state index is 15.2. The van der Waals surface area contributed by atoms with Crippen LogP contribution in [0.15, 0.2) is 41.2 Å². The van der Waals surface area contributed by atoms with Crippen molar-refractivity contribution < 1.29 is 67.4 Å². The van der Waals surface area contributed by atoms with Gasteiger partial charge in [-0.05, 0) is 99.1 Å². The van der Waals surface area contributed by atoms with Crippen molar-refractivity contribution >= 4 is 22.8 Å². The first kappa shape index (κ1) is 44.2. The van der Waals surface area contributed by atoms with E-state index in [0.29, 0.717) is 11.1 Å². The number of hydrogen-bond donors (Lipinski definition) is 2. The number of carboxylic acids is 1. The summed E-state index contributed by atoms with van der Waals surface area (Å²) < 4.78 is 168. The summed E-state index contributed by atoms with van der Waals surface area (Å²) in [6.45, 7) is -2.75. The number of pyridine rings is 1. The molecule has 1 aliphatic carbocycles. The van der Waals surface area contributed by atoms with Crippen LogP contribution in [0.5, 0.6) is 0 Å². The van der Waals surface area contributed by atoms with Gasteiger partial charge in [-0.1, -0.05) is 24.3 Å². The van der Waals surface area contributed by atoms with Crippen molar-refractivity contribution in [3.63, 3.8) is 0 Å². The first-order chi connectivity index (χ1) is 27.3. The van der Waals surface area contributed by atoms with Crippen molar-refractivity contribution in [1.29, 1.82) is 0 Å². The summed E-state index contributed by atoms with van der Waals surface area (Å²) in [6, 6.07) is 6.42. The lowest BCUT2D eigenvalue weighted by Crippen LogP contribution is -2.59. The second-order valence-electron chi connectivity index (χ2n) is 15.7. The van der Waals surface area contributed by atoms with Crippen LogP contribution in [-0.2, 0) is 42.2 Å². The lowest BCUT2D eigenvalue weighted by atomic mass is 9.76. The molecule has 1 aromatic heterocycles. The number of nitrogens with one attached hydrogen (secondary N) is 1. The Balaban J connectivity index is 1.29. The Labute approximate surface area is 329 Å². The van der Waals surface area contributed by atoms with Gasteiger partial charge in [0.1, 0.15) is 11.5 Å². The molecule has 2 saturated heterocycles. The molecule has 3 aromatic rings. The van der Waals surface area contributed by atoms with Crippen molar-refractivity contribution in [1.82, 2.24) is 19.7 Å². The molecule has 8 nitrogen and oxygen atoms in total. The summed E-state index contributed by atoms with van der Waals surface area (Å²) in [5, 5.41) is 11.7. The second kappa shape index (κ2) is 15.9. The molecule has 6 rings (SSSR count). The number of carboxylic acid groups (broad SMARTS) is 1. The molecule has 59 heavy (non-hydrogen) atoms. The Kier molecular flexibility index (Phi) is 11.9. The van der Waals surface area contributed by atoms with E-state index in [2.05, 4.69) is 0 Å². The van der Waals surface area contributed by atoms with Gasteiger partial charge in [-0.25, -0.2) is 4.79 Å². The largest absolute Gasteiger partial charge is 0.480 e. The normalized spacial score (nSPS) is 20.5. The number of nitrogens with zero attached hydrogens (tertiary/aromatic N) is 3. The van der Waals surface area contributed by atoms with Crippen molar-refractivity contribution in [3.05, 3.63) is 80.1 Å². The first-order valence-electron chi connectivity index (χ1n) is 18.8. The number of carbonyl (C=O) groups is 2. The summed E-state index contributed by atoms with van der Waals surface area (Å²) >= 11 is 0. The summed E-state index contributed by atoms with van der Waals surface area (Å²) in [6.07, 6.45) is -22.4. The number of carbonyl (C=O) groups excluding carboxylic acids is 1. The Hall–Kier alpha value is -4.33. The van der Waals surface area contributed by atoms with Crippen LogP contribution in [0.1, 0.15) is 71.4 Å². The molecule has 2 aromatic carbocycles. The molecule has 3 heterocycles. The van der Waals surface area contributed by atoms with Crippen molar-refractivity contribution in [2.24, 2.45) is 18.4 Å². The molecule has 2 atom stereocenters. The summed E-state index contributed by atoms with van der Waals surface area (Å²) in [5.41, 5.74) is -4.81. The second-order valence-corrected chi connectivity index (χ2v) is 15.7. The van der Waals surface area contributed by atoms with E-state index < -0.39 is 115 Å². The number of benzene rings is 2. The molecular formula is C39H40F12N4O4. The first-order valence-corrected chi connectivity index (χ1v) is 18.8. The van der Waals surface area contributed by atoms with E-state index in [1.54, 1.807) is 4.90 Å². The van der Waals surface area contributed by atoms with Crippen LogP contribution in [-0.4, -0.2) is 88.6 Å². The average Bonchev–Trinajstić information content (AvgIpc) is 3.56. The van der Waals surface area contributed by atoms with Crippen LogP contribution >= 0.6 is 0 Å². The minimum Gasteiger partial charge on any atom is -0.480 e. The fourth-order valence-corrected chi connectivity index (χ4v) is 8.94. The molecule has 0 radical (unpaired) electrons. The minimum absolute atomic E-state index is 0.0321. The van der Waals surface area contributed by atoms with Gasteiger partial charge in [-0.2, -0.15) is 52.7 Å². The molecule has 3 aliphatic rings. The van der Waals surface area contributed by atoms with Gasteiger partial charge in [0.15, 0.2) is 0 Å². The molecule has 1 unspecified atom stereocenters. The lowest BCUT2D eigenvalue weighted by Gasteiger charge is -2.42. The van der Waals surface area contributed by atoms with Crippen LogP contribution in [0.2, 0.25) is 0 Å². The fraction of sp³-hybridized carbons (Fsp3) is 0.564. The number of alkyl halides is 12. The Bertz CT molecular complexity index is 2130. The third-order valence-electron chi connectivity index (χ3n) is 12.1. The fourth-order valence-electron chi connectivity index (χ4n) is 8.94. The monoisotopic (exact) mass is 856 g/mol. The highest BCUT2D eigenvalue weighted by Crippen LogP contribution is 2.48. The quantitative estimate of drug-likeness (QED) is 0.214. The van der Waals surface area contributed by atoms with Gasteiger partial charge in [0.2, 0.25) is 5.91 Å². The van der Waals surface area contributed by atoms with E-state index >= 15 is 13.2 Å². The highest BCUT2D eigenvalue weighted by atomic mass is 19.4. The number of aryl methyl sites for hydroxylation is 1. The van der Waals surface area contributed by atoms with Crippen LogP contribution in [0.4, 0.5) is 52.7 Å². The predicted octanol–water partition coefficient (Wildman–Crippen LogP) is 7.73. The summed E-state index contributed by atoms with van der Waals surface area (Å²) in [7, 11) is 1.30. The van der Waals surface area contributed by atoms with Gasteiger partial charge in [0.05, 0.1) is 23.5 Å². The standard InChI is InChI=1S/C39H40F12N4O4/c1-53-29-8-5-21(19-54-13-9-23(10-14-54)37(43,44)45)17-27(29)31(38(46,47)48)30(32(53)56)26-7-6-24-22(3-2-4-25(24)26)18-28(33(57)58)52-34(59)35(39(49,50)51)11-15-55(16-12-35)20-36(40,41)42/h2-5,8,17,23,26,28H,6-7,9-16,18-20H2,1H3,(H,52,59)(H,57,58)/t26-,28?/m1/s1. The van der Waals surface area contributed by atoms with Gasteiger partial charge < -0.3 is 15.0 Å². The number of aliphatic carboxylic acids is 1. The van der Waals surface area contributed by atoms with Crippen LogP contribution in [0.25, 0.3) is 10.9 Å². The third-order valence-corrected chi connectivity index (χ3v) is 12.1. The SMILES string of the molecule is Cn1c(=O)c([C@@H]2CCc3c(CC(NC(=O)C4(C(F)(F)F)CCN(CC(F)(F)F)CC4)C(=O)O)cccc32)c(C(F)(F)F)c2cc(CN3CCC(C(F)(F)F)CC3)ccc21. The lowest BCUT2D eigenvalue weighted by molar-refractivity contribution is -0.236. The number of halogens is 12. The van der Waals surface area contributed by atoms with Crippen molar-refractivity contribution in [2.45, 2.75) is 88.2 Å². The van der Waals surface area contributed by atoms with E-state index in [1.165, 1.54) is 43.4 Å². The average molecular weight is 857 g/mol. The summed E-state index contributed by atoms with van der Waals surface area (Å²) in [4.78, 5) is 42.0. The predicted molar refractivity (Wildman–Crippen MR) is 188 cm³/mol. The molecule has 0 saturated carbocycles. The van der Waals surface area contributed by atoms with Gasteiger partial charge in [-0.3, -0.25) is 19.4 Å². The number of amides is 1. The molecule has 0 spiro atoms. The van der Waals surface area contributed by atoms with Crippen molar-refractivity contribution in [2.75, 3.05) is 32.7 Å². The zero-order valence-electron chi connectivity index (χ0n) is 31.4. The number of hydrogen-bond acceptors (Lipinski definition) is 5. The minimum atomic E-state index is -5.25. The highest BCUT2D eigenvalue weighted by molar-refractivity contribution is 5.88. The third kappa shape index (κ3) is 9.07. The zero-order chi connectivity index (χ0) is 43.5.